The molecule has 6 rings (SSSR count). The molecule has 506 valence electrons. The molecule has 6 aliphatic carbocycles. The molecule has 0 saturated heterocycles. The molecule has 86 heavy (non-hydrogen) atoms. The summed E-state index contributed by atoms with van der Waals surface area (Å²) in [5.41, 5.74) is 0. The van der Waals surface area contributed by atoms with Crippen LogP contribution < -0.4 is 0 Å². The van der Waals surface area contributed by atoms with Gasteiger partial charge in [0.25, 0.3) is 0 Å². The predicted molar refractivity (Wildman–Crippen MR) is 380 cm³/mol. The van der Waals surface area contributed by atoms with Crippen LogP contribution in [0, 0.1) is 107 Å². The van der Waals surface area contributed by atoms with E-state index in [4.69, 9.17) is 0 Å². The van der Waals surface area contributed by atoms with Crippen LogP contribution in [0.4, 0.5) is 0 Å². The van der Waals surface area contributed by atoms with Gasteiger partial charge in [-0.3, -0.25) is 0 Å². The second kappa shape index (κ2) is 37.7. The molecule has 18 atom stereocenters. The van der Waals surface area contributed by atoms with Crippen molar-refractivity contribution in [1.29, 1.82) is 0 Å². The maximum atomic E-state index is 2.57. The summed E-state index contributed by atoms with van der Waals surface area (Å²) in [5, 5.41) is 0. The molecule has 18 unspecified atom stereocenters. The Morgan fingerprint density at radius 1 is 0.198 bits per heavy atom. The van der Waals surface area contributed by atoms with Crippen molar-refractivity contribution in [3.05, 3.63) is 0 Å². The zero-order valence-corrected chi connectivity index (χ0v) is 62.1. The van der Waals surface area contributed by atoms with E-state index in [1.165, 1.54) is 189 Å². The minimum Gasteiger partial charge on any atom is -0.331 e. The highest BCUT2D eigenvalue weighted by atomic mass is 15.3. The van der Waals surface area contributed by atoms with Gasteiger partial charge in [0.2, 0.25) is 0 Å². The average molecular weight is 1200 g/mol. The largest absolute Gasteiger partial charge is 0.331 e. The summed E-state index contributed by atoms with van der Waals surface area (Å²) in [4.78, 5) is 0. The standard InChI is InChI=1S/C82H162N4/c1-17-23-33-73-59-67(57-71(73)21-5)39-45-81-64-70(62-78(81)36-30-48-84(10,11)12)42-44-80-56-66(20-4)54-76(80)38-32-52-86(15,16)50-28-26-25-27-49-85(13,14)51-31-37-74-60-68(58-72(74)22-6)40-46-82-63-69(61-77(82)35-29-47-83(7,8)9)41-43-79-55-65(19-3)53-75(79)34-24-18-2/h65-82H,17-64H2,1-16H3/q+4. The SMILES string of the molecule is CCCCC1CC(CCC2CC(CCC3CC(CC)CC3CCC[N+](C)(C)CCCCCC[N+](C)(C)CCCC3CC(CCC4CC(CCC5CC(CC)CC5CCCC)CC4CCC[N+](C)(C)C)CC3CC)CC2CCC[N+](C)(C)C)CC1CC. The average Bonchev–Trinajstić information content (AvgIpc) is 4.37. The quantitative estimate of drug-likeness (QED) is 0.0421. The van der Waals surface area contributed by atoms with E-state index in [1.54, 1.807) is 128 Å². The van der Waals surface area contributed by atoms with Crippen LogP contribution in [-0.2, 0) is 0 Å². The van der Waals surface area contributed by atoms with Crippen molar-refractivity contribution in [1.82, 2.24) is 0 Å². The molecule has 0 aromatic rings. The molecule has 6 saturated carbocycles. The molecule has 0 aromatic heterocycles. The fourth-order valence-electron chi connectivity index (χ4n) is 21.8. The molecular weight excluding hydrogens is 1040 g/mol. The van der Waals surface area contributed by atoms with Crippen LogP contribution in [-0.4, -0.2) is 128 Å². The highest BCUT2D eigenvalue weighted by Gasteiger charge is 2.41. The Balaban J connectivity index is 0.846. The third kappa shape index (κ3) is 26.7. The van der Waals surface area contributed by atoms with Gasteiger partial charge in [0.15, 0.2) is 0 Å². The monoisotopic (exact) mass is 1200 g/mol. The molecule has 4 nitrogen and oxygen atoms in total. The molecule has 6 aliphatic rings. The molecule has 0 N–H and O–H groups in total. The second-order valence-corrected chi connectivity index (χ2v) is 37.1. The van der Waals surface area contributed by atoms with Gasteiger partial charge in [-0.15, -0.1) is 0 Å². The highest BCUT2D eigenvalue weighted by molar-refractivity contribution is 4.92. The van der Waals surface area contributed by atoms with Crippen LogP contribution in [0.3, 0.4) is 0 Å². The summed E-state index contributed by atoms with van der Waals surface area (Å²) in [7, 11) is 24.7. The van der Waals surface area contributed by atoms with Crippen LogP contribution in [0.15, 0.2) is 0 Å². The van der Waals surface area contributed by atoms with Crippen LogP contribution in [0.25, 0.3) is 0 Å². The Labute approximate surface area is 542 Å². The number of hydrogen-bond acceptors (Lipinski definition) is 0. The molecule has 0 aliphatic heterocycles. The Morgan fingerprint density at radius 3 is 0.674 bits per heavy atom. The number of rotatable bonds is 45. The van der Waals surface area contributed by atoms with Crippen molar-refractivity contribution < 1.29 is 17.9 Å². The first-order chi connectivity index (χ1) is 41.0. The zero-order chi connectivity index (χ0) is 62.3. The van der Waals surface area contributed by atoms with E-state index in [1.807, 2.05) is 0 Å². The van der Waals surface area contributed by atoms with E-state index in [-0.39, 0.29) is 0 Å². The Morgan fingerprint density at radius 2 is 0.419 bits per heavy atom. The van der Waals surface area contributed by atoms with Gasteiger partial charge in [-0.25, -0.2) is 0 Å². The van der Waals surface area contributed by atoms with E-state index < -0.39 is 0 Å². The van der Waals surface area contributed by atoms with Crippen LogP contribution in [0.2, 0.25) is 0 Å². The first-order valence-electron chi connectivity index (χ1n) is 40.3. The molecule has 0 aromatic carbocycles. The Kier molecular flexibility index (Phi) is 32.8. The molecule has 0 bridgehead atoms. The maximum Gasteiger partial charge on any atom is 0.0782 e. The van der Waals surface area contributed by atoms with Gasteiger partial charge in [0, 0.05) is 0 Å². The van der Waals surface area contributed by atoms with Gasteiger partial charge in [0.1, 0.15) is 0 Å². The summed E-state index contributed by atoms with van der Waals surface area (Å²) in [6, 6.07) is 0. The van der Waals surface area contributed by atoms with Crippen molar-refractivity contribution in [2.24, 2.45) is 107 Å². The van der Waals surface area contributed by atoms with E-state index >= 15 is 0 Å². The lowest BCUT2D eigenvalue weighted by molar-refractivity contribution is -0.891. The first-order valence-corrected chi connectivity index (χ1v) is 40.3. The Hall–Kier alpha value is -0.160. The number of hydrogen-bond donors (Lipinski definition) is 0. The summed E-state index contributed by atoms with van der Waals surface area (Å²) in [6.45, 7) is 23.0. The topological polar surface area (TPSA) is 0 Å². The molecule has 4 heteroatoms. The Bertz CT molecular complexity index is 1750. The van der Waals surface area contributed by atoms with Crippen LogP contribution in [0.1, 0.15) is 311 Å². The minimum atomic E-state index is 0.997. The fraction of sp³-hybridized carbons (Fsp3) is 1.00. The maximum absolute atomic E-state index is 2.57. The lowest BCUT2D eigenvalue weighted by Crippen LogP contribution is -2.42. The molecule has 6 fully saturated rings. The smallest absolute Gasteiger partial charge is 0.0782 e. The summed E-state index contributed by atoms with van der Waals surface area (Å²) in [6.07, 6.45) is 63.1. The summed E-state index contributed by atoms with van der Waals surface area (Å²) < 4.78 is 4.75. The predicted octanol–water partition coefficient (Wildman–Crippen LogP) is 22.2. The molecule has 0 radical (unpaired) electrons. The van der Waals surface area contributed by atoms with E-state index in [0.717, 1.165) is 115 Å². The lowest BCUT2D eigenvalue weighted by atomic mass is 9.84. The van der Waals surface area contributed by atoms with Crippen molar-refractivity contribution >= 4 is 0 Å². The van der Waals surface area contributed by atoms with Gasteiger partial charge in [-0.05, 0) is 286 Å². The van der Waals surface area contributed by atoms with Gasteiger partial charge < -0.3 is 17.9 Å². The first kappa shape index (κ1) is 74.9. The van der Waals surface area contributed by atoms with E-state index in [0.29, 0.717) is 0 Å². The number of nitrogens with zero attached hydrogens (tertiary/aromatic N) is 4. The van der Waals surface area contributed by atoms with Gasteiger partial charge in [-0.1, -0.05) is 131 Å². The molecule has 0 amide bonds. The van der Waals surface area contributed by atoms with Crippen LogP contribution >= 0.6 is 0 Å². The molecular formula is C82H162N4+4. The third-order valence-electron chi connectivity index (χ3n) is 27.2. The van der Waals surface area contributed by atoms with Crippen molar-refractivity contribution in [3.8, 4) is 0 Å². The van der Waals surface area contributed by atoms with E-state index in [9.17, 15) is 0 Å². The molecule has 0 spiro atoms. The van der Waals surface area contributed by atoms with Gasteiger partial charge in [-0.2, -0.15) is 0 Å². The zero-order valence-electron chi connectivity index (χ0n) is 62.1. The van der Waals surface area contributed by atoms with Crippen molar-refractivity contribution in [2.75, 3.05) is 110 Å². The van der Waals surface area contributed by atoms with Crippen LogP contribution in [0.5, 0.6) is 0 Å². The van der Waals surface area contributed by atoms with Crippen molar-refractivity contribution in [2.45, 2.75) is 311 Å². The van der Waals surface area contributed by atoms with E-state index in [2.05, 4.69) is 112 Å². The third-order valence-corrected chi connectivity index (χ3v) is 27.2. The second-order valence-electron chi connectivity index (χ2n) is 37.1. The fourth-order valence-corrected chi connectivity index (χ4v) is 21.8. The number of quaternary nitrogens is 4. The normalized spacial score (nSPS) is 33.8. The lowest BCUT2D eigenvalue weighted by Gasteiger charge is -2.31. The minimum absolute atomic E-state index is 0.997. The number of unbranched alkanes of at least 4 members (excludes halogenated alkanes) is 5. The molecule has 0 heterocycles. The van der Waals surface area contributed by atoms with Crippen molar-refractivity contribution in [3.63, 3.8) is 0 Å². The highest BCUT2D eigenvalue weighted by Crippen LogP contribution is 2.52. The van der Waals surface area contributed by atoms with Gasteiger partial charge in [0.05, 0.1) is 110 Å². The van der Waals surface area contributed by atoms with Gasteiger partial charge >= 0.3 is 0 Å². The summed E-state index contributed by atoms with van der Waals surface area (Å²) in [5.74, 6) is 18.4. The summed E-state index contributed by atoms with van der Waals surface area (Å²) >= 11 is 0.